The van der Waals surface area contributed by atoms with Crippen molar-refractivity contribution in [1.82, 2.24) is 10.2 Å². The van der Waals surface area contributed by atoms with E-state index in [1.807, 2.05) is 0 Å². The summed E-state index contributed by atoms with van der Waals surface area (Å²) >= 11 is 6.14. The number of H-pyrrole nitrogens is 1. The van der Waals surface area contributed by atoms with Crippen LogP contribution in [-0.4, -0.2) is 21.3 Å². The molecule has 0 bridgehead atoms. The Labute approximate surface area is 106 Å². The minimum Gasteiger partial charge on any atom is -0.477 e. The van der Waals surface area contributed by atoms with E-state index in [0.29, 0.717) is 21.9 Å². The lowest BCUT2D eigenvalue weighted by atomic mass is 10.1. The number of carbonyl (C=O) groups is 1. The molecule has 90 valence electrons. The Bertz CT molecular complexity index is 745. The van der Waals surface area contributed by atoms with Gasteiger partial charge in [-0.25, -0.2) is 4.79 Å². The Balaban J connectivity index is 2.26. The Morgan fingerprint density at radius 1 is 1.39 bits per heavy atom. The number of halogens is 1. The summed E-state index contributed by atoms with van der Waals surface area (Å²) in [5.74, 6) is -1.07. The fourth-order valence-corrected chi connectivity index (χ4v) is 2.10. The molecular formula is C12H7ClN2O3. The second-order valence-electron chi connectivity index (χ2n) is 3.73. The van der Waals surface area contributed by atoms with Gasteiger partial charge in [0.2, 0.25) is 0 Å². The number of nitrogens with zero attached hydrogens (tertiary/aromatic N) is 1. The molecule has 0 aliphatic rings. The van der Waals surface area contributed by atoms with Gasteiger partial charge in [-0.15, -0.1) is 0 Å². The molecule has 0 aliphatic heterocycles. The third-order valence-corrected chi connectivity index (χ3v) is 2.96. The van der Waals surface area contributed by atoms with E-state index < -0.39 is 5.97 Å². The van der Waals surface area contributed by atoms with Crippen LogP contribution in [0.1, 0.15) is 10.5 Å². The molecule has 0 radical (unpaired) electrons. The van der Waals surface area contributed by atoms with E-state index in [9.17, 15) is 4.79 Å². The summed E-state index contributed by atoms with van der Waals surface area (Å²) in [6, 6.07) is 6.66. The number of hydrogen-bond donors (Lipinski definition) is 2. The molecule has 2 heterocycles. The zero-order valence-corrected chi connectivity index (χ0v) is 9.73. The molecule has 3 aromatic rings. The molecule has 2 aromatic heterocycles. The van der Waals surface area contributed by atoms with Crippen LogP contribution in [0.5, 0.6) is 0 Å². The first-order valence-corrected chi connectivity index (χ1v) is 5.49. The lowest BCUT2D eigenvalue weighted by molar-refractivity contribution is 0.0690. The monoisotopic (exact) mass is 262 g/mol. The van der Waals surface area contributed by atoms with E-state index in [2.05, 4.69) is 10.2 Å². The van der Waals surface area contributed by atoms with Crippen molar-refractivity contribution >= 4 is 28.5 Å². The molecule has 0 saturated heterocycles. The van der Waals surface area contributed by atoms with Crippen molar-refractivity contribution in [2.75, 3.05) is 0 Å². The molecule has 1 aromatic carbocycles. The molecule has 0 fully saturated rings. The van der Waals surface area contributed by atoms with Crippen LogP contribution >= 0.6 is 11.6 Å². The molecule has 0 unspecified atom stereocenters. The third kappa shape index (κ3) is 1.56. The number of rotatable bonds is 2. The van der Waals surface area contributed by atoms with Crippen molar-refractivity contribution in [3.8, 4) is 11.3 Å². The molecular weight excluding hydrogens is 256 g/mol. The Morgan fingerprint density at radius 3 is 2.94 bits per heavy atom. The molecule has 3 rings (SSSR count). The van der Waals surface area contributed by atoms with Crippen molar-refractivity contribution in [2.24, 2.45) is 0 Å². The van der Waals surface area contributed by atoms with Crippen LogP contribution in [0.2, 0.25) is 5.02 Å². The normalized spacial score (nSPS) is 10.9. The summed E-state index contributed by atoms with van der Waals surface area (Å²) in [7, 11) is 0. The van der Waals surface area contributed by atoms with Gasteiger partial charge in [-0.1, -0.05) is 11.6 Å². The maximum atomic E-state index is 10.8. The van der Waals surface area contributed by atoms with Gasteiger partial charge in [-0.3, -0.25) is 5.10 Å². The fraction of sp³-hybridized carbons (Fsp3) is 0. The van der Waals surface area contributed by atoms with Crippen molar-refractivity contribution in [3.63, 3.8) is 0 Å². The van der Waals surface area contributed by atoms with Gasteiger partial charge in [-0.05, 0) is 24.3 Å². The highest BCUT2D eigenvalue weighted by molar-refractivity contribution is 6.34. The number of furan rings is 1. The molecule has 0 spiro atoms. The minimum atomic E-state index is -1.07. The first kappa shape index (κ1) is 10.9. The van der Waals surface area contributed by atoms with Gasteiger partial charge in [0, 0.05) is 10.9 Å². The maximum absolute atomic E-state index is 10.8. The lowest BCUT2D eigenvalue weighted by Gasteiger charge is -2.01. The van der Waals surface area contributed by atoms with Crippen LogP contribution in [0.4, 0.5) is 0 Å². The zero-order chi connectivity index (χ0) is 12.7. The maximum Gasteiger partial charge on any atom is 0.353 e. The molecule has 6 heteroatoms. The highest BCUT2D eigenvalue weighted by atomic mass is 35.5. The molecule has 0 saturated carbocycles. The number of aromatic nitrogens is 2. The minimum absolute atomic E-state index is 0.0153. The third-order valence-electron chi connectivity index (χ3n) is 2.65. The molecule has 0 atom stereocenters. The highest BCUT2D eigenvalue weighted by Crippen LogP contribution is 2.34. The van der Waals surface area contributed by atoms with Gasteiger partial charge in [-0.2, -0.15) is 5.10 Å². The quantitative estimate of drug-likeness (QED) is 0.743. The summed E-state index contributed by atoms with van der Waals surface area (Å²) in [4.78, 5) is 10.8. The van der Waals surface area contributed by atoms with Crippen molar-refractivity contribution in [2.45, 2.75) is 0 Å². The topological polar surface area (TPSA) is 79.1 Å². The van der Waals surface area contributed by atoms with Crippen LogP contribution in [0.25, 0.3) is 22.2 Å². The largest absolute Gasteiger partial charge is 0.477 e. The number of hydrogen-bond acceptors (Lipinski definition) is 3. The number of fused-ring (bicyclic) bond motifs is 1. The van der Waals surface area contributed by atoms with E-state index in [1.54, 1.807) is 24.5 Å². The second-order valence-corrected chi connectivity index (χ2v) is 4.13. The van der Waals surface area contributed by atoms with E-state index in [-0.39, 0.29) is 5.69 Å². The molecule has 5 nitrogen and oxygen atoms in total. The lowest BCUT2D eigenvalue weighted by Crippen LogP contribution is -1.95. The van der Waals surface area contributed by atoms with Gasteiger partial charge in [0.05, 0.1) is 17.0 Å². The number of aromatic carboxylic acids is 1. The van der Waals surface area contributed by atoms with Gasteiger partial charge in [0.25, 0.3) is 0 Å². The molecule has 2 N–H and O–H groups in total. The Kier molecular flexibility index (Phi) is 2.34. The van der Waals surface area contributed by atoms with E-state index >= 15 is 0 Å². The highest BCUT2D eigenvalue weighted by Gasteiger charge is 2.15. The average Bonchev–Trinajstić information content (AvgIpc) is 2.95. The van der Waals surface area contributed by atoms with Crippen LogP contribution in [0.3, 0.4) is 0 Å². The first-order valence-electron chi connectivity index (χ1n) is 5.11. The first-order chi connectivity index (χ1) is 8.66. The summed E-state index contributed by atoms with van der Waals surface area (Å²) in [6.45, 7) is 0. The van der Waals surface area contributed by atoms with Crippen LogP contribution in [-0.2, 0) is 0 Å². The van der Waals surface area contributed by atoms with Crippen molar-refractivity contribution < 1.29 is 14.3 Å². The smallest absolute Gasteiger partial charge is 0.353 e. The van der Waals surface area contributed by atoms with E-state index in [0.717, 1.165) is 5.39 Å². The van der Waals surface area contributed by atoms with Gasteiger partial charge in [0.1, 0.15) is 11.3 Å². The predicted octanol–water partition coefficient (Wildman–Crippen LogP) is 3.17. The van der Waals surface area contributed by atoms with E-state index in [4.69, 9.17) is 21.1 Å². The Morgan fingerprint density at radius 2 is 2.22 bits per heavy atom. The van der Waals surface area contributed by atoms with Crippen LogP contribution in [0, 0.1) is 0 Å². The van der Waals surface area contributed by atoms with Gasteiger partial charge >= 0.3 is 5.97 Å². The summed E-state index contributed by atoms with van der Waals surface area (Å²) in [5, 5.41) is 16.6. The molecule has 0 amide bonds. The number of carboxylic acid groups (broad SMARTS) is 1. The summed E-state index contributed by atoms with van der Waals surface area (Å²) in [6.07, 6.45) is 1.55. The number of benzene rings is 1. The fourth-order valence-electron chi connectivity index (χ4n) is 1.84. The predicted molar refractivity (Wildman–Crippen MR) is 65.8 cm³/mol. The zero-order valence-electron chi connectivity index (χ0n) is 8.98. The van der Waals surface area contributed by atoms with E-state index in [1.165, 1.54) is 6.07 Å². The molecule has 0 aliphatic carbocycles. The van der Waals surface area contributed by atoms with Gasteiger partial charge < -0.3 is 9.52 Å². The Hall–Kier alpha value is -2.27. The van der Waals surface area contributed by atoms with Crippen LogP contribution in [0.15, 0.2) is 34.9 Å². The second kappa shape index (κ2) is 3.89. The summed E-state index contributed by atoms with van der Waals surface area (Å²) < 4.78 is 5.28. The molecule has 18 heavy (non-hydrogen) atoms. The van der Waals surface area contributed by atoms with Crippen molar-refractivity contribution in [3.05, 3.63) is 41.2 Å². The van der Waals surface area contributed by atoms with Crippen molar-refractivity contribution in [1.29, 1.82) is 0 Å². The average molecular weight is 263 g/mol. The number of aromatic amines is 1. The summed E-state index contributed by atoms with van der Waals surface area (Å²) in [5.41, 5.74) is 1.83. The SMILES string of the molecule is O=C(O)c1cc(-c2c(Cl)ccc3occc23)n[nH]1. The van der Waals surface area contributed by atoms with Crippen LogP contribution < -0.4 is 0 Å². The van der Waals surface area contributed by atoms with Gasteiger partial charge in [0.15, 0.2) is 0 Å². The number of carboxylic acids is 1. The number of nitrogens with one attached hydrogen (secondary N) is 1. The standard InChI is InChI=1S/C12H7ClN2O3/c13-7-1-2-10-6(3-4-18-10)11(7)8-5-9(12(16)17)15-14-8/h1-5H,(H,14,15)(H,16,17).